The number of rotatable bonds is 10. The zero-order valence-corrected chi connectivity index (χ0v) is 22.4. The van der Waals surface area contributed by atoms with E-state index in [0.29, 0.717) is 17.5 Å². The maximum Gasteiger partial charge on any atom is 0.323 e. The summed E-state index contributed by atoms with van der Waals surface area (Å²) >= 11 is 2.74. The first kappa shape index (κ1) is 25.7. The summed E-state index contributed by atoms with van der Waals surface area (Å²) in [7, 11) is 0. The number of hydrogen-bond acceptors (Lipinski definition) is 6. The molecule has 186 valence electrons. The first-order chi connectivity index (χ1) is 17.5. The van der Waals surface area contributed by atoms with Crippen LogP contribution in [0.4, 0.5) is 15.6 Å². The van der Waals surface area contributed by atoms with Crippen molar-refractivity contribution >= 4 is 40.3 Å². The lowest BCUT2D eigenvalue weighted by Crippen LogP contribution is -2.41. The van der Waals surface area contributed by atoms with E-state index in [4.69, 9.17) is 0 Å². The fourth-order valence-electron chi connectivity index (χ4n) is 4.12. The zero-order chi connectivity index (χ0) is 25.3. The summed E-state index contributed by atoms with van der Waals surface area (Å²) in [6.07, 6.45) is 2.80. The van der Waals surface area contributed by atoms with Gasteiger partial charge in [0.2, 0.25) is 5.13 Å². The Morgan fingerprint density at radius 2 is 1.56 bits per heavy atom. The van der Waals surface area contributed by atoms with Gasteiger partial charge in [-0.05, 0) is 55.7 Å². The third-order valence-electron chi connectivity index (χ3n) is 5.95. The molecule has 0 saturated heterocycles. The van der Waals surface area contributed by atoms with Gasteiger partial charge in [0.05, 0.1) is 0 Å². The van der Waals surface area contributed by atoms with Crippen molar-refractivity contribution in [1.29, 1.82) is 0 Å². The molecule has 0 aliphatic rings. The number of carbonyl (C=O) groups excluding carboxylic acids is 1. The smallest absolute Gasteiger partial charge is 0.323 e. The van der Waals surface area contributed by atoms with E-state index in [1.54, 1.807) is 11.9 Å². The standard InChI is InChI=1S/C28H31N5OS2/c1-20(2)33(19-18-25(21-10-6-4-7-11-21)22-12-8-5-9-13-22)28(34)30-27-29-26(32-36-27)23-14-16-24(17-15-23)31-35-3/h4-17,20,25,31H,18-19H2,1-3H3,(H,29,30,32,34). The van der Waals surface area contributed by atoms with E-state index in [1.165, 1.54) is 22.7 Å². The summed E-state index contributed by atoms with van der Waals surface area (Å²) in [6, 6.07) is 28.8. The molecule has 2 N–H and O–H groups in total. The largest absolute Gasteiger partial charge is 0.330 e. The molecule has 1 aromatic heterocycles. The van der Waals surface area contributed by atoms with Crippen LogP contribution in [0.25, 0.3) is 11.4 Å². The Bertz CT molecular complexity index is 1190. The number of anilines is 2. The number of aromatic nitrogens is 2. The number of carbonyl (C=O) groups is 1. The van der Waals surface area contributed by atoms with Crippen LogP contribution in [0.15, 0.2) is 84.9 Å². The minimum atomic E-state index is -0.160. The van der Waals surface area contributed by atoms with Crippen molar-refractivity contribution in [3.05, 3.63) is 96.1 Å². The maximum absolute atomic E-state index is 13.2. The summed E-state index contributed by atoms with van der Waals surface area (Å²) in [4.78, 5) is 19.7. The van der Waals surface area contributed by atoms with Crippen LogP contribution < -0.4 is 10.0 Å². The number of nitrogens with one attached hydrogen (secondary N) is 2. The quantitative estimate of drug-likeness (QED) is 0.215. The van der Waals surface area contributed by atoms with Gasteiger partial charge in [0, 0.05) is 47.5 Å². The van der Waals surface area contributed by atoms with Crippen molar-refractivity contribution in [2.24, 2.45) is 0 Å². The molecule has 0 unspecified atom stereocenters. The molecule has 2 amide bonds. The van der Waals surface area contributed by atoms with E-state index in [0.717, 1.165) is 17.7 Å². The van der Waals surface area contributed by atoms with E-state index in [9.17, 15) is 4.79 Å². The van der Waals surface area contributed by atoms with Crippen molar-refractivity contribution in [3.8, 4) is 11.4 Å². The molecular weight excluding hydrogens is 486 g/mol. The Kier molecular flexibility index (Phi) is 8.97. The number of nitrogens with zero attached hydrogens (tertiary/aromatic N) is 3. The third kappa shape index (κ3) is 6.65. The second kappa shape index (κ2) is 12.6. The molecular formula is C28H31N5OS2. The molecule has 0 saturated carbocycles. The molecule has 0 spiro atoms. The Hall–Kier alpha value is -3.36. The van der Waals surface area contributed by atoms with Gasteiger partial charge in [0.15, 0.2) is 5.82 Å². The Labute approximate surface area is 221 Å². The third-order valence-corrected chi connectivity index (χ3v) is 7.02. The van der Waals surface area contributed by atoms with Gasteiger partial charge in [-0.25, -0.2) is 4.79 Å². The van der Waals surface area contributed by atoms with Gasteiger partial charge < -0.3 is 9.62 Å². The van der Waals surface area contributed by atoms with E-state index in [-0.39, 0.29) is 18.0 Å². The van der Waals surface area contributed by atoms with Crippen molar-refractivity contribution in [3.63, 3.8) is 0 Å². The lowest BCUT2D eigenvalue weighted by Gasteiger charge is -2.29. The highest BCUT2D eigenvalue weighted by Gasteiger charge is 2.22. The van der Waals surface area contributed by atoms with E-state index in [2.05, 4.69) is 67.9 Å². The van der Waals surface area contributed by atoms with Crippen LogP contribution in [0.5, 0.6) is 0 Å². The molecule has 1 heterocycles. The summed E-state index contributed by atoms with van der Waals surface area (Å²) in [6.45, 7) is 4.69. The van der Waals surface area contributed by atoms with Gasteiger partial charge in [0.1, 0.15) is 0 Å². The van der Waals surface area contributed by atoms with Crippen LogP contribution in [0.3, 0.4) is 0 Å². The van der Waals surface area contributed by atoms with Gasteiger partial charge in [-0.1, -0.05) is 72.6 Å². The van der Waals surface area contributed by atoms with Crippen LogP contribution in [0.2, 0.25) is 0 Å². The van der Waals surface area contributed by atoms with Crippen molar-refractivity contribution in [2.75, 3.05) is 22.8 Å². The minimum absolute atomic E-state index is 0.0427. The van der Waals surface area contributed by atoms with Crippen LogP contribution in [-0.2, 0) is 0 Å². The van der Waals surface area contributed by atoms with Crippen molar-refractivity contribution in [2.45, 2.75) is 32.2 Å². The van der Waals surface area contributed by atoms with Gasteiger partial charge in [-0.3, -0.25) is 5.32 Å². The molecule has 3 aromatic carbocycles. The fourth-order valence-corrected chi connectivity index (χ4v) is 5.07. The summed E-state index contributed by atoms with van der Waals surface area (Å²) in [5.41, 5.74) is 4.43. The van der Waals surface area contributed by atoms with Crippen molar-refractivity contribution in [1.82, 2.24) is 14.3 Å². The monoisotopic (exact) mass is 517 g/mol. The van der Waals surface area contributed by atoms with Crippen LogP contribution in [0, 0.1) is 0 Å². The predicted molar refractivity (Wildman–Crippen MR) is 153 cm³/mol. The molecule has 8 heteroatoms. The average molecular weight is 518 g/mol. The summed E-state index contributed by atoms with van der Waals surface area (Å²) < 4.78 is 7.64. The average Bonchev–Trinajstić information content (AvgIpc) is 3.36. The van der Waals surface area contributed by atoms with E-state index >= 15 is 0 Å². The molecule has 0 aliphatic carbocycles. The van der Waals surface area contributed by atoms with Crippen molar-refractivity contribution < 1.29 is 4.79 Å². The van der Waals surface area contributed by atoms with Gasteiger partial charge >= 0.3 is 6.03 Å². The first-order valence-corrected chi connectivity index (χ1v) is 14.0. The Morgan fingerprint density at radius 1 is 0.944 bits per heavy atom. The van der Waals surface area contributed by atoms with Gasteiger partial charge in [0.25, 0.3) is 0 Å². The summed E-state index contributed by atoms with van der Waals surface area (Å²) in [5.74, 6) is 0.813. The number of benzene rings is 3. The van der Waals surface area contributed by atoms with Crippen LogP contribution in [-0.4, -0.2) is 39.1 Å². The maximum atomic E-state index is 13.2. The molecule has 4 aromatic rings. The lowest BCUT2D eigenvalue weighted by atomic mass is 9.88. The first-order valence-electron chi connectivity index (χ1n) is 12.0. The number of amides is 2. The van der Waals surface area contributed by atoms with Crippen LogP contribution >= 0.6 is 23.5 Å². The van der Waals surface area contributed by atoms with Gasteiger partial charge in [-0.15, -0.1) is 0 Å². The molecule has 0 aliphatic heterocycles. The predicted octanol–water partition coefficient (Wildman–Crippen LogP) is 7.36. The van der Waals surface area contributed by atoms with Gasteiger partial charge in [-0.2, -0.15) is 9.36 Å². The van der Waals surface area contributed by atoms with E-state index in [1.807, 2.05) is 61.4 Å². The highest BCUT2D eigenvalue weighted by atomic mass is 32.2. The second-order valence-electron chi connectivity index (χ2n) is 8.69. The van der Waals surface area contributed by atoms with Crippen LogP contribution in [0.1, 0.15) is 37.3 Å². The second-order valence-corrected chi connectivity index (χ2v) is 10.1. The fraction of sp³-hybridized carbons (Fsp3) is 0.250. The highest BCUT2D eigenvalue weighted by molar-refractivity contribution is 7.99. The Morgan fingerprint density at radius 3 is 2.11 bits per heavy atom. The normalized spacial score (nSPS) is 11.0. The SMILES string of the molecule is CSNc1ccc(-c2nsc(NC(=O)N(CCC(c3ccccc3)c3ccccc3)C(C)C)n2)cc1. The molecule has 0 bridgehead atoms. The topological polar surface area (TPSA) is 70.2 Å². The molecule has 0 atom stereocenters. The molecule has 4 rings (SSSR count). The number of hydrogen-bond donors (Lipinski definition) is 2. The highest BCUT2D eigenvalue weighted by Crippen LogP contribution is 2.29. The molecule has 0 fully saturated rings. The molecule has 0 radical (unpaired) electrons. The lowest BCUT2D eigenvalue weighted by molar-refractivity contribution is 0.195. The summed E-state index contributed by atoms with van der Waals surface area (Å²) in [5, 5.41) is 3.46. The number of urea groups is 1. The zero-order valence-electron chi connectivity index (χ0n) is 20.7. The Balaban J connectivity index is 1.44. The minimum Gasteiger partial charge on any atom is -0.330 e. The molecule has 36 heavy (non-hydrogen) atoms. The molecule has 6 nitrogen and oxygen atoms in total. The van der Waals surface area contributed by atoms with E-state index < -0.39 is 0 Å².